The summed E-state index contributed by atoms with van der Waals surface area (Å²) in [4.78, 5) is 10.9. The Hall–Kier alpha value is -2.73. The van der Waals surface area contributed by atoms with Crippen LogP contribution < -0.4 is 10.6 Å². The minimum absolute atomic E-state index is 0.246. The summed E-state index contributed by atoms with van der Waals surface area (Å²) >= 11 is 0. The Morgan fingerprint density at radius 1 is 1.07 bits per heavy atom. The van der Waals surface area contributed by atoms with Gasteiger partial charge in [0.1, 0.15) is 5.82 Å². The molecule has 0 aliphatic carbocycles. The minimum atomic E-state index is -0.246. The van der Waals surface area contributed by atoms with Crippen molar-refractivity contribution in [1.29, 1.82) is 0 Å². The van der Waals surface area contributed by atoms with Gasteiger partial charge in [0.05, 0.1) is 5.69 Å². The number of aromatic nitrogens is 2. The first kappa shape index (κ1) is 18.6. The number of likely N-dealkylation sites (tertiary alicyclic amines) is 1. The summed E-state index contributed by atoms with van der Waals surface area (Å²) in [6.45, 7) is 3.84. The summed E-state index contributed by atoms with van der Waals surface area (Å²) in [5, 5.41) is 7.99. The number of nitrogens with zero attached hydrogens (tertiary/aromatic N) is 3. The fraction of sp³-hybridized carbons (Fsp3) is 0.364. The Bertz CT molecular complexity index is 920. The van der Waals surface area contributed by atoms with Crippen LogP contribution in [0.1, 0.15) is 18.4 Å². The fourth-order valence-corrected chi connectivity index (χ4v) is 3.61. The molecule has 1 aliphatic rings. The van der Waals surface area contributed by atoms with Gasteiger partial charge < -0.3 is 15.5 Å². The maximum atomic E-state index is 14.6. The van der Waals surface area contributed by atoms with E-state index >= 15 is 0 Å². The molecule has 3 aromatic rings. The van der Waals surface area contributed by atoms with E-state index in [0.29, 0.717) is 23.5 Å². The normalized spacial score (nSPS) is 15.6. The van der Waals surface area contributed by atoms with Crippen molar-refractivity contribution < 1.29 is 4.39 Å². The molecule has 2 N–H and O–H groups in total. The molecule has 28 heavy (non-hydrogen) atoms. The monoisotopic (exact) mass is 379 g/mol. The maximum Gasteiger partial charge on any atom is 0.154 e. The number of piperidine rings is 1. The number of rotatable bonds is 6. The van der Waals surface area contributed by atoms with Crippen LogP contribution in [-0.4, -0.2) is 41.5 Å². The number of nitrogens with one attached hydrogen (secondary N) is 2. The zero-order valence-corrected chi connectivity index (χ0v) is 16.2. The van der Waals surface area contributed by atoms with Crippen molar-refractivity contribution in [3.8, 4) is 0 Å². The molecule has 4 rings (SSSR count). The van der Waals surface area contributed by atoms with Crippen molar-refractivity contribution in [1.82, 2.24) is 14.9 Å². The van der Waals surface area contributed by atoms with Crippen LogP contribution >= 0.6 is 0 Å². The van der Waals surface area contributed by atoms with Gasteiger partial charge in [0, 0.05) is 42.5 Å². The van der Waals surface area contributed by atoms with Crippen LogP contribution in [0.15, 0.2) is 48.9 Å². The second-order valence-electron chi connectivity index (χ2n) is 7.56. The second kappa shape index (κ2) is 8.52. The van der Waals surface area contributed by atoms with Gasteiger partial charge in [0.15, 0.2) is 5.82 Å². The van der Waals surface area contributed by atoms with E-state index in [1.165, 1.54) is 25.9 Å². The summed E-state index contributed by atoms with van der Waals surface area (Å²) in [6, 6.07) is 9.35. The van der Waals surface area contributed by atoms with Gasteiger partial charge in [-0.05, 0) is 62.7 Å². The van der Waals surface area contributed by atoms with Crippen LogP contribution in [0.25, 0.3) is 10.8 Å². The van der Waals surface area contributed by atoms with E-state index in [2.05, 4.69) is 32.5 Å². The second-order valence-corrected chi connectivity index (χ2v) is 7.56. The Morgan fingerprint density at radius 3 is 2.71 bits per heavy atom. The molecule has 1 aliphatic heterocycles. The van der Waals surface area contributed by atoms with Crippen molar-refractivity contribution >= 4 is 22.3 Å². The zero-order chi connectivity index (χ0) is 19.3. The van der Waals surface area contributed by atoms with Crippen molar-refractivity contribution in [3.63, 3.8) is 0 Å². The first-order chi connectivity index (χ1) is 13.7. The van der Waals surface area contributed by atoms with Crippen LogP contribution in [0.3, 0.4) is 0 Å². The Kier molecular flexibility index (Phi) is 5.67. The molecule has 0 bridgehead atoms. The highest BCUT2D eigenvalue weighted by atomic mass is 19.1. The molecule has 0 atom stereocenters. The Balaban J connectivity index is 1.32. The highest BCUT2D eigenvalue weighted by Gasteiger charge is 2.16. The number of hydrogen-bond acceptors (Lipinski definition) is 5. The summed E-state index contributed by atoms with van der Waals surface area (Å²) in [5.74, 6) is 1.36. The molecule has 1 fully saturated rings. The number of anilines is 2. The summed E-state index contributed by atoms with van der Waals surface area (Å²) in [7, 11) is 2.18. The molecule has 0 radical (unpaired) electrons. The summed E-state index contributed by atoms with van der Waals surface area (Å²) in [6.07, 6.45) is 7.59. The molecular weight excluding hydrogens is 353 g/mol. The van der Waals surface area contributed by atoms with E-state index < -0.39 is 0 Å². The van der Waals surface area contributed by atoms with Gasteiger partial charge in [-0.25, -0.2) is 9.37 Å². The van der Waals surface area contributed by atoms with Gasteiger partial charge in [-0.3, -0.25) is 4.98 Å². The Morgan fingerprint density at radius 2 is 1.93 bits per heavy atom. The van der Waals surface area contributed by atoms with E-state index in [-0.39, 0.29) is 5.82 Å². The van der Waals surface area contributed by atoms with Crippen molar-refractivity contribution in [2.24, 2.45) is 5.92 Å². The topological polar surface area (TPSA) is 53.1 Å². The van der Waals surface area contributed by atoms with Gasteiger partial charge in [-0.15, -0.1) is 0 Å². The van der Waals surface area contributed by atoms with E-state index in [0.717, 1.165) is 23.3 Å². The van der Waals surface area contributed by atoms with Gasteiger partial charge in [0.2, 0.25) is 0 Å². The molecule has 6 heteroatoms. The van der Waals surface area contributed by atoms with E-state index in [4.69, 9.17) is 0 Å². The SMILES string of the molecule is CN1CCC(CNc2ccc(CNc3ccc4cnccc4c3F)cn2)CC1. The third kappa shape index (κ3) is 4.39. The maximum absolute atomic E-state index is 14.6. The van der Waals surface area contributed by atoms with E-state index in [1.54, 1.807) is 24.5 Å². The van der Waals surface area contributed by atoms with E-state index in [1.807, 2.05) is 24.4 Å². The largest absolute Gasteiger partial charge is 0.379 e. The lowest BCUT2D eigenvalue weighted by atomic mass is 9.97. The Labute approximate surface area is 165 Å². The van der Waals surface area contributed by atoms with Crippen molar-refractivity contribution in [2.45, 2.75) is 19.4 Å². The van der Waals surface area contributed by atoms with Crippen LogP contribution in [0, 0.1) is 11.7 Å². The minimum Gasteiger partial charge on any atom is -0.379 e. The first-order valence-electron chi connectivity index (χ1n) is 9.82. The highest BCUT2D eigenvalue weighted by Crippen LogP contribution is 2.24. The third-order valence-electron chi connectivity index (χ3n) is 5.47. The predicted octanol–water partition coefficient (Wildman–Crippen LogP) is 4.13. The number of halogens is 1. The smallest absolute Gasteiger partial charge is 0.154 e. The average molecular weight is 379 g/mol. The zero-order valence-electron chi connectivity index (χ0n) is 16.2. The molecule has 5 nitrogen and oxygen atoms in total. The number of fused-ring (bicyclic) bond motifs is 1. The lowest BCUT2D eigenvalue weighted by Crippen LogP contribution is -2.33. The molecule has 1 saturated heterocycles. The van der Waals surface area contributed by atoms with Crippen molar-refractivity contribution in [3.05, 3.63) is 60.3 Å². The molecule has 0 unspecified atom stereocenters. The van der Waals surface area contributed by atoms with Gasteiger partial charge in [-0.2, -0.15) is 0 Å². The third-order valence-corrected chi connectivity index (χ3v) is 5.47. The lowest BCUT2D eigenvalue weighted by molar-refractivity contribution is 0.226. The van der Waals surface area contributed by atoms with Gasteiger partial charge in [-0.1, -0.05) is 12.1 Å². The highest BCUT2D eigenvalue weighted by molar-refractivity contribution is 5.85. The van der Waals surface area contributed by atoms with Gasteiger partial charge >= 0.3 is 0 Å². The summed E-state index contributed by atoms with van der Waals surface area (Å²) < 4.78 is 14.6. The van der Waals surface area contributed by atoms with E-state index in [9.17, 15) is 4.39 Å². The molecule has 146 valence electrons. The number of pyridine rings is 2. The van der Waals surface area contributed by atoms with Crippen molar-refractivity contribution in [2.75, 3.05) is 37.3 Å². The number of benzene rings is 1. The molecule has 0 saturated carbocycles. The standard InChI is InChI=1S/C22H26FN5/c1-28-10-7-16(8-11-28)12-26-21-5-2-17(14-27-21)13-25-20-4-3-18-15-24-9-6-19(18)22(20)23/h2-6,9,14-16,25H,7-8,10-13H2,1H3,(H,26,27). The predicted molar refractivity (Wildman–Crippen MR) is 112 cm³/mol. The number of hydrogen-bond donors (Lipinski definition) is 2. The van der Waals surface area contributed by atoms with Crippen LogP contribution in [-0.2, 0) is 6.54 Å². The van der Waals surface area contributed by atoms with Crippen LogP contribution in [0.2, 0.25) is 0 Å². The van der Waals surface area contributed by atoms with Crippen LogP contribution in [0.4, 0.5) is 15.9 Å². The summed E-state index contributed by atoms with van der Waals surface area (Å²) in [5.41, 5.74) is 1.50. The lowest BCUT2D eigenvalue weighted by Gasteiger charge is -2.29. The quantitative estimate of drug-likeness (QED) is 0.674. The van der Waals surface area contributed by atoms with Gasteiger partial charge in [0.25, 0.3) is 0 Å². The molecular formula is C22H26FN5. The molecule has 2 aromatic heterocycles. The first-order valence-corrected chi connectivity index (χ1v) is 9.82. The fourth-order valence-electron chi connectivity index (χ4n) is 3.61. The average Bonchev–Trinajstić information content (AvgIpc) is 2.74. The molecule has 0 spiro atoms. The van der Waals surface area contributed by atoms with Crippen LogP contribution in [0.5, 0.6) is 0 Å². The molecule has 0 amide bonds. The molecule has 1 aromatic carbocycles. The molecule has 3 heterocycles.